The molecular formula is C21H18ClFN6O2. The third-order valence-corrected chi connectivity index (χ3v) is 5.68. The van der Waals surface area contributed by atoms with E-state index in [0.717, 1.165) is 5.56 Å². The maximum absolute atomic E-state index is 14.9. The van der Waals surface area contributed by atoms with Crippen molar-refractivity contribution in [3.8, 4) is 6.07 Å². The summed E-state index contributed by atoms with van der Waals surface area (Å²) in [6, 6.07) is 9.82. The van der Waals surface area contributed by atoms with Crippen LogP contribution in [0.1, 0.15) is 22.6 Å². The predicted molar refractivity (Wildman–Crippen MR) is 111 cm³/mol. The zero-order valence-corrected chi connectivity index (χ0v) is 17.3. The van der Waals surface area contributed by atoms with Gasteiger partial charge in [0.1, 0.15) is 22.7 Å². The molecule has 0 bridgehead atoms. The number of nitrogens with two attached hydrogens (primary N) is 1. The molecule has 158 valence electrons. The normalized spacial score (nSPS) is 18.3. The number of fused-ring (bicyclic) bond motifs is 1. The average molecular weight is 441 g/mol. The first-order valence-corrected chi connectivity index (χ1v) is 9.87. The molecule has 8 nitrogen and oxygen atoms in total. The molecule has 2 aliphatic heterocycles. The quantitative estimate of drug-likeness (QED) is 0.441. The first-order valence-electron chi connectivity index (χ1n) is 9.49. The Morgan fingerprint density at radius 1 is 1.39 bits per heavy atom. The first-order chi connectivity index (χ1) is 14.8. The summed E-state index contributed by atoms with van der Waals surface area (Å²) in [6.45, 7) is 2.85. The number of hydrogen-bond acceptors (Lipinski definition) is 7. The van der Waals surface area contributed by atoms with Gasteiger partial charge >= 0.3 is 0 Å². The fourth-order valence-electron chi connectivity index (χ4n) is 4.05. The summed E-state index contributed by atoms with van der Waals surface area (Å²) in [5.41, 5.74) is 7.48. The number of benzene rings is 1. The fourth-order valence-corrected chi connectivity index (χ4v) is 4.16. The Hall–Kier alpha value is -3.64. The van der Waals surface area contributed by atoms with E-state index in [1.807, 2.05) is 6.07 Å². The molecule has 1 unspecified atom stereocenters. The first kappa shape index (κ1) is 20.6. The number of hydrogen-bond donors (Lipinski definition) is 1. The van der Waals surface area contributed by atoms with Crippen molar-refractivity contribution in [2.45, 2.75) is 19.4 Å². The minimum atomic E-state index is -1.21. The Morgan fingerprint density at radius 3 is 2.77 bits per heavy atom. The van der Waals surface area contributed by atoms with Crippen molar-refractivity contribution in [2.75, 3.05) is 13.1 Å². The Kier molecular flexibility index (Phi) is 5.25. The Labute approximate surface area is 182 Å². The van der Waals surface area contributed by atoms with Crippen molar-refractivity contribution < 1.29 is 9.31 Å². The molecule has 1 fully saturated rings. The van der Waals surface area contributed by atoms with Gasteiger partial charge in [0.2, 0.25) is 0 Å². The highest BCUT2D eigenvalue weighted by Crippen LogP contribution is 2.44. The summed E-state index contributed by atoms with van der Waals surface area (Å²) in [4.78, 5) is 19.1. The van der Waals surface area contributed by atoms with Crippen molar-refractivity contribution >= 4 is 11.6 Å². The van der Waals surface area contributed by atoms with Crippen LogP contribution in [0.25, 0.3) is 0 Å². The Balaban J connectivity index is 1.87. The monoisotopic (exact) mass is 440 g/mol. The fraction of sp³-hybridized carbons (Fsp3) is 0.238. The van der Waals surface area contributed by atoms with E-state index >= 15 is 0 Å². The maximum Gasteiger partial charge on any atom is 0.299 e. The molecule has 3 heterocycles. The highest BCUT2D eigenvalue weighted by molar-refractivity contribution is 6.29. The highest BCUT2D eigenvalue weighted by atomic mass is 35.5. The van der Waals surface area contributed by atoms with Crippen LogP contribution < -0.4 is 5.73 Å². The van der Waals surface area contributed by atoms with E-state index in [4.69, 9.17) is 17.3 Å². The van der Waals surface area contributed by atoms with Gasteiger partial charge in [0, 0.05) is 31.4 Å². The standard InChI is InChI=1S/C21H18ClFN6O2/c1-12-2-4-14(16(23)8-12)18-15(9-24)20(25)28-7-6-27(21(28)19(18)29(30)31)11-13-3-5-17(22)26-10-13/h2-5,8,10,18H,6-7,11,25H2,1H3. The maximum atomic E-state index is 14.9. The number of rotatable bonds is 4. The van der Waals surface area contributed by atoms with Gasteiger partial charge in [0.15, 0.2) is 5.82 Å². The highest BCUT2D eigenvalue weighted by Gasteiger charge is 2.47. The smallest absolute Gasteiger partial charge is 0.299 e. The molecule has 31 heavy (non-hydrogen) atoms. The molecule has 2 aromatic rings. The van der Waals surface area contributed by atoms with Gasteiger partial charge < -0.3 is 15.5 Å². The van der Waals surface area contributed by atoms with E-state index in [1.165, 1.54) is 12.1 Å². The molecule has 1 aromatic carbocycles. The van der Waals surface area contributed by atoms with Gasteiger partial charge in [-0.05, 0) is 30.2 Å². The molecule has 2 N–H and O–H groups in total. The van der Waals surface area contributed by atoms with Gasteiger partial charge in [-0.15, -0.1) is 0 Å². The summed E-state index contributed by atoms with van der Waals surface area (Å²) >= 11 is 5.85. The van der Waals surface area contributed by atoms with E-state index in [1.54, 1.807) is 41.1 Å². The van der Waals surface area contributed by atoms with Crippen molar-refractivity contribution in [3.63, 3.8) is 0 Å². The van der Waals surface area contributed by atoms with Crippen LogP contribution in [-0.4, -0.2) is 32.8 Å². The molecule has 1 saturated heterocycles. The molecule has 0 radical (unpaired) electrons. The number of aromatic nitrogens is 1. The lowest BCUT2D eigenvalue weighted by Crippen LogP contribution is -2.37. The van der Waals surface area contributed by atoms with Gasteiger partial charge in [0.25, 0.3) is 5.70 Å². The molecule has 1 atom stereocenters. The van der Waals surface area contributed by atoms with Crippen LogP contribution in [0.5, 0.6) is 0 Å². The molecule has 0 aliphatic carbocycles. The second kappa shape index (κ2) is 7.89. The lowest BCUT2D eigenvalue weighted by Gasteiger charge is -2.32. The summed E-state index contributed by atoms with van der Waals surface area (Å²) in [6.07, 6.45) is 1.59. The summed E-state index contributed by atoms with van der Waals surface area (Å²) in [7, 11) is 0. The van der Waals surface area contributed by atoms with Gasteiger partial charge in [-0.1, -0.05) is 29.8 Å². The van der Waals surface area contributed by atoms with Crippen molar-refractivity contribution in [1.29, 1.82) is 5.26 Å². The van der Waals surface area contributed by atoms with Gasteiger partial charge in [-0.3, -0.25) is 10.1 Å². The van der Waals surface area contributed by atoms with Crippen LogP contribution >= 0.6 is 11.6 Å². The van der Waals surface area contributed by atoms with Crippen LogP contribution in [0.2, 0.25) is 5.15 Å². The molecular weight excluding hydrogens is 423 g/mol. The second-order valence-corrected chi connectivity index (χ2v) is 7.78. The van der Waals surface area contributed by atoms with Gasteiger partial charge in [-0.25, -0.2) is 9.37 Å². The van der Waals surface area contributed by atoms with Crippen molar-refractivity contribution in [3.05, 3.63) is 97.2 Å². The van der Waals surface area contributed by atoms with E-state index in [2.05, 4.69) is 4.98 Å². The van der Waals surface area contributed by atoms with Crippen LogP contribution in [0.3, 0.4) is 0 Å². The van der Waals surface area contributed by atoms with Crippen molar-refractivity contribution in [2.24, 2.45) is 5.73 Å². The number of allylic oxidation sites excluding steroid dienone is 1. The predicted octanol–water partition coefficient (Wildman–Crippen LogP) is 3.24. The zero-order chi connectivity index (χ0) is 22.3. The van der Waals surface area contributed by atoms with Gasteiger partial charge in [-0.2, -0.15) is 5.26 Å². The summed E-state index contributed by atoms with van der Waals surface area (Å²) in [5.74, 6) is -1.47. The number of halogens is 2. The summed E-state index contributed by atoms with van der Waals surface area (Å²) < 4.78 is 14.9. The third-order valence-electron chi connectivity index (χ3n) is 5.45. The Bertz CT molecular complexity index is 1170. The van der Waals surface area contributed by atoms with E-state index < -0.39 is 16.7 Å². The molecule has 4 rings (SSSR count). The number of nitrogens with zero attached hydrogens (tertiary/aromatic N) is 5. The molecule has 0 spiro atoms. The molecule has 2 aliphatic rings. The minimum Gasteiger partial charge on any atom is -0.384 e. The van der Waals surface area contributed by atoms with Crippen LogP contribution in [0, 0.1) is 34.2 Å². The number of aryl methyl sites for hydroxylation is 1. The number of nitro groups is 1. The SMILES string of the molecule is Cc1ccc(C2C(C#N)=C(N)N3CCN(Cc4ccc(Cl)nc4)C3=C2[N+](=O)[O-])c(F)c1. The Morgan fingerprint density at radius 2 is 2.16 bits per heavy atom. The minimum absolute atomic E-state index is 0.0341. The largest absolute Gasteiger partial charge is 0.384 e. The van der Waals surface area contributed by atoms with E-state index in [9.17, 15) is 19.8 Å². The van der Waals surface area contributed by atoms with Gasteiger partial charge in [0.05, 0.1) is 16.6 Å². The third kappa shape index (κ3) is 3.55. The number of nitriles is 1. The average Bonchev–Trinajstić information content (AvgIpc) is 3.13. The van der Waals surface area contributed by atoms with Crippen LogP contribution in [0.15, 0.2) is 59.4 Å². The lowest BCUT2D eigenvalue weighted by atomic mass is 9.85. The van der Waals surface area contributed by atoms with Crippen LogP contribution in [-0.2, 0) is 6.54 Å². The molecule has 0 saturated carbocycles. The van der Waals surface area contributed by atoms with Crippen molar-refractivity contribution in [1.82, 2.24) is 14.8 Å². The van der Waals surface area contributed by atoms with Crippen LogP contribution in [0.4, 0.5) is 4.39 Å². The molecule has 1 aromatic heterocycles. The molecule has 0 amide bonds. The summed E-state index contributed by atoms with van der Waals surface area (Å²) in [5, 5.41) is 22.4. The molecule has 10 heteroatoms. The van der Waals surface area contributed by atoms with E-state index in [0.29, 0.717) is 30.4 Å². The lowest BCUT2D eigenvalue weighted by molar-refractivity contribution is -0.432. The zero-order valence-electron chi connectivity index (χ0n) is 16.5. The van der Waals surface area contributed by atoms with E-state index in [-0.39, 0.29) is 28.5 Å². The number of pyridine rings is 1. The topological polar surface area (TPSA) is 112 Å². The second-order valence-electron chi connectivity index (χ2n) is 7.40.